The molecular formula is C28H29ClN2O6. The first-order valence-corrected chi connectivity index (χ1v) is 13.3. The summed E-state index contributed by atoms with van der Waals surface area (Å²) in [6.07, 6.45) is 2.48. The van der Waals surface area contributed by atoms with E-state index >= 15 is 0 Å². The van der Waals surface area contributed by atoms with Gasteiger partial charge in [0.2, 0.25) is 5.91 Å². The number of nitrogens with zero attached hydrogens (tertiary/aromatic N) is 1. The molecular weight excluding hydrogens is 496 g/mol. The van der Waals surface area contributed by atoms with Gasteiger partial charge in [0.25, 0.3) is 0 Å². The van der Waals surface area contributed by atoms with Crippen molar-refractivity contribution in [1.29, 1.82) is 0 Å². The number of halogens is 1. The standard InChI is InChI=1S/C28H29ClN2O6/c1-36-20-7-5-16(11-18(20)29)30-26(34)17-12-28(35)21-10-15-4-6-19(32)24-22(15)27(28,25(37-24)23(17)33)8-9-31(21)13-14-2-3-14/h4-7,11,14,17,21,25,32,35H,2-3,8-10,12-13H2,1H3,(H,30,34)/t17?,21-,25+,27+,28-/m1/s1. The average Bonchev–Trinajstić information content (AvgIpc) is 3.61. The molecule has 8 nitrogen and oxygen atoms in total. The fraction of sp³-hybridized carbons (Fsp3) is 0.500. The van der Waals surface area contributed by atoms with Crippen LogP contribution in [0.25, 0.3) is 0 Å². The molecule has 2 aromatic carbocycles. The predicted octanol–water partition coefficient (Wildman–Crippen LogP) is 3.05. The molecule has 1 unspecified atom stereocenters. The van der Waals surface area contributed by atoms with Gasteiger partial charge in [0.15, 0.2) is 23.4 Å². The van der Waals surface area contributed by atoms with E-state index in [-0.39, 0.29) is 29.7 Å². The normalized spacial score (nSPS) is 33.5. The maximum atomic E-state index is 13.9. The summed E-state index contributed by atoms with van der Waals surface area (Å²) in [6.45, 7) is 1.65. The second-order valence-electron chi connectivity index (χ2n) is 11.2. The quantitative estimate of drug-likeness (QED) is 0.516. The highest BCUT2D eigenvalue weighted by Crippen LogP contribution is 2.65. The Bertz CT molecular complexity index is 1340. The lowest BCUT2D eigenvalue weighted by molar-refractivity contribution is -0.197. The number of nitrogens with one attached hydrogen (secondary N) is 1. The Labute approximate surface area is 219 Å². The fourth-order valence-electron chi connectivity index (χ4n) is 7.50. The minimum atomic E-state index is -1.36. The zero-order valence-electron chi connectivity index (χ0n) is 20.5. The molecule has 7 rings (SSSR count). The number of benzene rings is 2. The van der Waals surface area contributed by atoms with Gasteiger partial charge >= 0.3 is 0 Å². The van der Waals surface area contributed by atoms with Gasteiger partial charge in [0, 0.05) is 23.8 Å². The van der Waals surface area contributed by atoms with Crippen LogP contribution in [0.4, 0.5) is 5.69 Å². The summed E-state index contributed by atoms with van der Waals surface area (Å²) < 4.78 is 11.4. The van der Waals surface area contributed by atoms with Crippen LogP contribution >= 0.6 is 11.6 Å². The van der Waals surface area contributed by atoms with Crippen LogP contribution in [0, 0.1) is 11.8 Å². The Kier molecular flexibility index (Phi) is 4.95. The number of hydrogen-bond donors (Lipinski definition) is 3. The third-order valence-electron chi connectivity index (χ3n) is 9.37. The van der Waals surface area contributed by atoms with Crippen molar-refractivity contribution in [1.82, 2.24) is 4.90 Å². The molecule has 2 heterocycles. The lowest BCUT2D eigenvalue weighted by atomic mass is 9.47. The summed E-state index contributed by atoms with van der Waals surface area (Å²) in [5, 5.41) is 26.5. The van der Waals surface area contributed by atoms with Crippen molar-refractivity contribution in [3.05, 3.63) is 46.5 Å². The topological polar surface area (TPSA) is 108 Å². The Balaban J connectivity index is 1.29. The van der Waals surface area contributed by atoms with Crippen LogP contribution in [0.3, 0.4) is 0 Å². The number of hydrogen-bond acceptors (Lipinski definition) is 7. The number of rotatable bonds is 5. The molecule has 9 heteroatoms. The Hall–Kier alpha value is -2.81. The average molecular weight is 525 g/mol. The van der Waals surface area contributed by atoms with E-state index in [1.54, 1.807) is 24.3 Å². The molecule has 0 radical (unpaired) electrons. The number of ketones is 1. The smallest absolute Gasteiger partial charge is 0.235 e. The minimum absolute atomic E-state index is 0.00177. The van der Waals surface area contributed by atoms with Gasteiger partial charge in [-0.05, 0) is 74.4 Å². The van der Waals surface area contributed by atoms with Crippen molar-refractivity contribution in [2.45, 2.75) is 55.3 Å². The monoisotopic (exact) mass is 524 g/mol. The molecule has 0 aromatic heterocycles. The molecule has 3 N–H and O–H groups in total. The van der Waals surface area contributed by atoms with Gasteiger partial charge in [-0.25, -0.2) is 0 Å². The number of amides is 1. The van der Waals surface area contributed by atoms with E-state index in [4.69, 9.17) is 21.1 Å². The number of anilines is 1. The molecule has 2 aromatic rings. The van der Waals surface area contributed by atoms with Crippen molar-refractivity contribution < 1.29 is 29.3 Å². The molecule has 1 saturated heterocycles. The third kappa shape index (κ3) is 3.09. The number of Topliss-reactive ketones (excluding diaryl/α,β-unsaturated/α-hetero) is 1. The summed E-state index contributed by atoms with van der Waals surface area (Å²) in [5.41, 5.74) is -0.128. The molecule has 37 heavy (non-hydrogen) atoms. The predicted molar refractivity (Wildman–Crippen MR) is 135 cm³/mol. The summed E-state index contributed by atoms with van der Waals surface area (Å²) >= 11 is 6.23. The molecule has 3 fully saturated rings. The van der Waals surface area contributed by atoms with Crippen LogP contribution in [-0.2, 0) is 21.4 Å². The molecule has 1 spiro atoms. The van der Waals surface area contributed by atoms with Crippen LogP contribution in [0.1, 0.15) is 36.8 Å². The second kappa shape index (κ2) is 7.85. The van der Waals surface area contributed by atoms with E-state index in [2.05, 4.69) is 10.2 Å². The van der Waals surface area contributed by atoms with E-state index in [0.29, 0.717) is 35.2 Å². The largest absolute Gasteiger partial charge is 0.504 e. The van der Waals surface area contributed by atoms with Crippen molar-refractivity contribution in [2.24, 2.45) is 11.8 Å². The SMILES string of the molecule is COc1ccc(NC(=O)C2C[C@@]3(O)[C@H]4Cc5ccc(O)c6c5[C@@]3(CCN4CC3CC3)[C@@H](O6)C2=O)cc1Cl. The highest BCUT2D eigenvalue weighted by atomic mass is 35.5. The molecule has 194 valence electrons. The Morgan fingerprint density at radius 2 is 2.11 bits per heavy atom. The second-order valence-corrected chi connectivity index (χ2v) is 11.7. The van der Waals surface area contributed by atoms with Gasteiger partial charge in [-0.3, -0.25) is 14.5 Å². The van der Waals surface area contributed by atoms with E-state index < -0.39 is 28.9 Å². The molecule has 2 saturated carbocycles. The van der Waals surface area contributed by atoms with Crippen LogP contribution in [0.15, 0.2) is 30.3 Å². The number of likely N-dealkylation sites (tertiary alicyclic amines) is 1. The summed E-state index contributed by atoms with van der Waals surface area (Å²) in [5.74, 6) is -0.616. The lowest BCUT2D eigenvalue weighted by Gasteiger charge is -2.63. The van der Waals surface area contributed by atoms with Crippen LogP contribution in [0.5, 0.6) is 17.2 Å². The van der Waals surface area contributed by atoms with Crippen molar-refractivity contribution in [3.63, 3.8) is 0 Å². The van der Waals surface area contributed by atoms with Gasteiger partial charge in [-0.15, -0.1) is 0 Å². The summed E-state index contributed by atoms with van der Waals surface area (Å²) in [7, 11) is 1.51. The molecule has 2 bridgehead atoms. The van der Waals surface area contributed by atoms with Crippen molar-refractivity contribution in [2.75, 3.05) is 25.5 Å². The number of ether oxygens (including phenoxy) is 2. The molecule has 5 atom stereocenters. The van der Waals surface area contributed by atoms with E-state index in [9.17, 15) is 19.8 Å². The van der Waals surface area contributed by atoms with E-state index in [0.717, 1.165) is 24.2 Å². The van der Waals surface area contributed by atoms with Gasteiger partial charge in [0.05, 0.1) is 23.1 Å². The van der Waals surface area contributed by atoms with Crippen LogP contribution < -0.4 is 14.8 Å². The summed E-state index contributed by atoms with van der Waals surface area (Å²) in [6, 6.07) is 8.13. The van der Waals surface area contributed by atoms with E-state index in [1.807, 2.05) is 6.07 Å². The zero-order valence-corrected chi connectivity index (χ0v) is 21.3. The number of phenols is 1. The third-order valence-corrected chi connectivity index (χ3v) is 9.66. The first kappa shape index (κ1) is 23.3. The van der Waals surface area contributed by atoms with Crippen molar-refractivity contribution in [3.8, 4) is 17.2 Å². The number of phenolic OH excluding ortho intramolecular Hbond substituents is 1. The number of carbonyl (C=O) groups is 2. The summed E-state index contributed by atoms with van der Waals surface area (Å²) in [4.78, 5) is 29.8. The van der Waals surface area contributed by atoms with Gasteiger partial charge in [-0.1, -0.05) is 17.7 Å². The van der Waals surface area contributed by atoms with Crippen molar-refractivity contribution >= 4 is 29.0 Å². The lowest BCUT2D eigenvalue weighted by Crippen LogP contribution is -2.78. The Morgan fingerprint density at radius 1 is 1.30 bits per heavy atom. The van der Waals surface area contributed by atoms with E-state index in [1.165, 1.54) is 20.0 Å². The van der Waals surface area contributed by atoms with Gasteiger partial charge in [0.1, 0.15) is 11.7 Å². The maximum absolute atomic E-state index is 13.9. The fourth-order valence-corrected chi connectivity index (χ4v) is 7.76. The number of carbonyl (C=O) groups excluding carboxylic acids is 2. The molecule has 5 aliphatic rings. The molecule has 3 aliphatic carbocycles. The van der Waals surface area contributed by atoms with Crippen LogP contribution in [0.2, 0.25) is 5.02 Å². The van der Waals surface area contributed by atoms with Gasteiger partial charge < -0.3 is 25.0 Å². The number of piperidine rings is 1. The minimum Gasteiger partial charge on any atom is -0.504 e. The number of aliphatic hydroxyl groups is 1. The highest BCUT2D eigenvalue weighted by molar-refractivity contribution is 6.32. The number of aromatic hydroxyl groups is 1. The highest BCUT2D eigenvalue weighted by Gasteiger charge is 2.75. The number of methoxy groups -OCH3 is 1. The van der Waals surface area contributed by atoms with Crippen LogP contribution in [-0.4, -0.2) is 64.7 Å². The van der Waals surface area contributed by atoms with Gasteiger partial charge in [-0.2, -0.15) is 0 Å². The Morgan fingerprint density at radius 3 is 2.84 bits per heavy atom. The molecule has 2 aliphatic heterocycles. The maximum Gasteiger partial charge on any atom is 0.235 e. The first-order chi connectivity index (χ1) is 17.8. The zero-order chi connectivity index (χ0) is 25.7. The first-order valence-electron chi connectivity index (χ1n) is 12.9. The molecule has 1 amide bonds.